The van der Waals surface area contributed by atoms with Crippen LogP contribution in [-0.2, 0) is 13.0 Å². The van der Waals surface area contributed by atoms with Gasteiger partial charge in [0.2, 0.25) is 11.8 Å². The lowest BCUT2D eigenvalue weighted by atomic mass is 10.1. The molecule has 0 saturated carbocycles. The molecule has 0 aromatic carbocycles. The Morgan fingerprint density at radius 1 is 1.33 bits per heavy atom. The van der Waals surface area contributed by atoms with Crippen LogP contribution in [-0.4, -0.2) is 37.7 Å². The number of hydrogen-bond donors (Lipinski definition) is 1. The summed E-state index contributed by atoms with van der Waals surface area (Å²) >= 11 is 0. The van der Waals surface area contributed by atoms with Crippen molar-refractivity contribution in [3.05, 3.63) is 11.3 Å². The van der Waals surface area contributed by atoms with Gasteiger partial charge in [0.05, 0.1) is 12.8 Å². The van der Waals surface area contributed by atoms with E-state index in [-0.39, 0.29) is 0 Å². The molecule has 0 aliphatic carbocycles. The van der Waals surface area contributed by atoms with E-state index in [9.17, 15) is 0 Å². The molecule has 2 rings (SSSR count). The van der Waals surface area contributed by atoms with Gasteiger partial charge in [-0.1, -0.05) is 0 Å². The van der Waals surface area contributed by atoms with Crippen LogP contribution < -0.4 is 15.0 Å². The van der Waals surface area contributed by atoms with Crippen LogP contribution in [0, 0.1) is 0 Å². The Morgan fingerprint density at radius 3 is 2.80 bits per heavy atom. The summed E-state index contributed by atoms with van der Waals surface area (Å²) in [6, 6.07) is 0. The van der Waals surface area contributed by atoms with Crippen LogP contribution in [0.3, 0.4) is 0 Å². The highest BCUT2D eigenvalue weighted by molar-refractivity contribution is 5.40. The van der Waals surface area contributed by atoms with E-state index in [4.69, 9.17) is 4.74 Å². The van der Waals surface area contributed by atoms with Crippen LogP contribution in [0.1, 0.15) is 11.3 Å². The van der Waals surface area contributed by atoms with Crippen molar-refractivity contribution in [3.63, 3.8) is 0 Å². The number of rotatable bonds is 2. The molecule has 82 valence electrons. The molecule has 0 bridgehead atoms. The van der Waals surface area contributed by atoms with E-state index in [2.05, 4.69) is 15.3 Å². The number of ether oxygens (including phenoxy) is 1. The van der Waals surface area contributed by atoms with Gasteiger partial charge in [0.25, 0.3) is 0 Å². The Bertz CT molecular complexity index is 347. The molecule has 1 aromatic heterocycles. The minimum Gasteiger partial charge on any atom is -0.481 e. The van der Waals surface area contributed by atoms with Gasteiger partial charge in [-0.25, -0.2) is 4.98 Å². The smallest absolute Gasteiger partial charge is 0.228 e. The molecule has 5 nitrogen and oxygen atoms in total. The molecule has 0 amide bonds. The summed E-state index contributed by atoms with van der Waals surface area (Å²) in [4.78, 5) is 10.7. The first-order chi connectivity index (χ1) is 7.22. The van der Waals surface area contributed by atoms with Crippen molar-refractivity contribution in [3.8, 4) is 5.88 Å². The van der Waals surface area contributed by atoms with Crippen molar-refractivity contribution >= 4 is 5.95 Å². The molecule has 0 fully saturated rings. The minimum atomic E-state index is 0.703. The molecule has 0 unspecified atom stereocenters. The maximum absolute atomic E-state index is 5.30. The van der Waals surface area contributed by atoms with Gasteiger partial charge in [-0.15, -0.1) is 0 Å². The van der Waals surface area contributed by atoms with Gasteiger partial charge in [-0.2, -0.15) is 4.98 Å². The summed E-state index contributed by atoms with van der Waals surface area (Å²) in [5.74, 6) is 1.42. The molecule has 0 saturated heterocycles. The maximum atomic E-state index is 5.30. The molecule has 0 spiro atoms. The quantitative estimate of drug-likeness (QED) is 0.752. The number of hydrogen-bond acceptors (Lipinski definition) is 5. The Kier molecular flexibility index (Phi) is 2.73. The zero-order valence-electron chi connectivity index (χ0n) is 9.37. The maximum Gasteiger partial charge on any atom is 0.228 e. The number of nitrogens with one attached hydrogen (secondary N) is 1. The third-order valence-corrected chi connectivity index (χ3v) is 2.48. The SMILES string of the molecule is COc1nc(N(C)C)nc2c1CCNC2. The van der Waals surface area contributed by atoms with Crippen molar-refractivity contribution in [2.75, 3.05) is 32.6 Å². The predicted octanol–water partition coefficient (Wildman–Crippen LogP) is 0.197. The van der Waals surface area contributed by atoms with Crippen molar-refractivity contribution in [2.45, 2.75) is 13.0 Å². The van der Waals surface area contributed by atoms with E-state index < -0.39 is 0 Å². The number of nitrogens with zero attached hydrogens (tertiary/aromatic N) is 3. The highest BCUT2D eigenvalue weighted by Gasteiger charge is 2.18. The second-order valence-electron chi connectivity index (χ2n) is 3.78. The summed E-state index contributed by atoms with van der Waals surface area (Å²) in [7, 11) is 5.51. The zero-order valence-corrected chi connectivity index (χ0v) is 9.37. The standard InChI is InChI=1S/C10H16N4O/c1-14(2)10-12-8-6-11-5-4-7(8)9(13-10)15-3/h11H,4-6H2,1-3H3. The predicted molar refractivity (Wildman–Crippen MR) is 58.3 cm³/mol. The topological polar surface area (TPSA) is 50.3 Å². The number of anilines is 1. The Morgan fingerprint density at radius 2 is 2.13 bits per heavy atom. The van der Waals surface area contributed by atoms with Crippen LogP contribution in [0.15, 0.2) is 0 Å². The molecule has 0 atom stereocenters. The molecule has 1 aromatic rings. The highest BCUT2D eigenvalue weighted by Crippen LogP contribution is 2.24. The van der Waals surface area contributed by atoms with E-state index in [0.29, 0.717) is 11.8 Å². The summed E-state index contributed by atoms with van der Waals surface area (Å²) in [5, 5.41) is 3.29. The first-order valence-electron chi connectivity index (χ1n) is 5.04. The first-order valence-corrected chi connectivity index (χ1v) is 5.04. The Hall–Kier alpha value is -1.36. The van der Waals surface area contributed by atoms with Crippen LogP contribution in [0.5, 0.6) is 5.88 Å². The van der Waals surface area contributed by atoms with E-state index in [0.717, 1.165) is 30.8 Å². The van der Waals surface area contributed by atoms with Gasteiger partial charge in [0, 0.05) is 26.2 Å². The normalized spacial score (nSPS) is 14.6. The monoisotopic (exact) mass is 208 g/mol. The number of fused-ring (bicyclic) bond motifs is 1. The highest BCUT2D eigenvalue weighted by atomic mass is 16.5. The van der Waals surface area contributed by atoms with Gasteiger partial charge >= 0.3 is 0 Å². The minimum absolute atomic E-state index is 0.703. The van der Waals surface area contributed by atoms with Crippen molar-refractivity contribution in [2.24, 2.45) is 0 Å². The lowest BCUT2D eigenvalue weighted by Crippen LogP contribution is -2.27. The molecule has 1 aliphatic rings. The molecule has 2 heterocycles. The van der Waals surface area contributed by atoms with E-state index in [1.54, 1.807) is 7.11 Å². The summed E-state index contributed by atoms with van der Waals surface area (Å²) in [5.41, 5.74) is 2.19. The van der Waals surface area contributed by atoms with Crippen molar-refractivity contribution < 1.29 is 4.74 Å². The summed E-state index contributed by atoms with van der Waals surface area (Å²) in [6.07, 6.45) is 0.937. The van der Waals surface area contributed by atoms with E-state index >= 15 is 0 Å². The molecule has 0 radical (unpaired) electrons. The van der Waals surface area contributed by atoms with E-state index in [1.807, 2.05) is 19.0 Å². The molecule has 5 heteroatoms. The van der Waals surface area contributed by atoms with Gasteiger partial charge < -0.3 is 15.0 Å². The van der Waals surface area contributed by atoms with Crippen LogP contribution in [0.25, 0.3) is 0 Å². The molecule has 1 N–H and O–H groups in total. The zero-order chi connectivity index (χ0) is 10.8. The molecule has 1 aliphatic heterocycles. The second-order valence-corrected chi connectivity index (χ2v) is 3.78. The fraction of sp³-hybridized carbons (Fsp3) is 0.600. The average Bonchev–Trinajstić information content (AvgIpc) is 2.27. The van der Waals surface area contributed by atoms with Crippen LogP contribution in [0.2, 0.25) is 0 Å². The fourth-order valence-corrected chi connectivity index (χ4v) is 1.68. The largest absolute Gasteiger partial charge is 0.481 e. The lowest BCUT2D eigenvalue weighted by molar-refractivity contribution is 0.386. The summed E-state index contributed by atoms with van der Waals surface area (Å²) < 4.78 is 5.30. The lowest BCUT2D eigenvalue weighted by Gasteiger charge is -2.20. The molecular weight excluding hydrogens is 192 g/mol. The second kappa shape index (κ2) is 4.02. The van der Waals surface area contributed by atoms with Gasteiger partial charge in [0.1, 0.15) is 0 Å². The van der Waals surface area contributed by atoms with Crippen molar-refractivity contribution in [1.82, 2.24) is 15.3 Å². The molecular formula is C10H16N4O. The van der Waals surface area contributed by atoms with Gasteiger partial charge in [-0.3, -0.25) is 0 Å². The van der Waals surface area contributed by atoms with Crippen molar-refractivity contribution in [1.29, 1.82) is 0 Å². The Labute approximate surface area is 89.5 Å². The third kappa shape index (κ3) is 1.87. The summed E-state index contributed by atoms with van der Waals surface area (Å²) in [6.45, 7) is 1.77. The van der Waals surface area contributed by atoms with Crippen LogP contribution in [0.4, 0.5) is 5.95 Å². The Balaban J connectivity index is 2.48. The number of methoxy groups -OCH3 is 1. The first kappa shape index (κ1) is 10.2. The fourth-order valence-electron chi connectivity index (χ4n) is 1.68. The number of aromatic nitrogens is 2. The van der Waals surface area contributed by atoms with E-state index in [1.165, 1.54) is 0 Å². The van der Waals surface area contributed by atoms with Gasteiger partial charge in [-0.05, 0) is 13.0 Å². The third-order valence-electron chi connectivity index (χ3n) is 2.48. The van der Waals surface area contributed by atoms with Gasteiger partial charge in [0.15, 0.2) is 0 Å². The van der Waals surface area contributed by atoms with Crippen LogP contribution >= 0.6 is 0 Å². The average molecular weight is 208 g/mol. The molecule has 15 heavy (non-hydrogen) atoms.